The number of benzene rings is 1. The number of amides is 1. The zero-order valence-electron chi connectivity index (χ0n) is 21.3. The fourth-order valence-electron chi connectivity index (χ4n) is 3.63. The Morgan fingerprint density at radius 2 is 1.94 bits per heavy atom. The van der Waals surface area contributed by atoms with Crippen LogP contribution in [0.25, 0.3) is 11.3 Å². The van der Waals surface area contributed by atoms with E-state index in [1.54, 1.807) is 13.0 Å². The number of aryl methyl sites for hydroxylation is 1. The molecule has 10 heteroatoms. The van der Waals surface area contributed by atoms with E-state index in [4.69, 9.17) is 14.7 Å². The lowest BCUT2D eigenvalue weighted by Crippen LogP contribution is -2.37. The van der Waals surface area contributed by atoms with Crippen molar-refractivity contribution in [2.24, 2.45) is 4.99 Å². The molecular formula is C26H32F2N6O2. The van der Waals surface area contributed by atoms with Gasteiger partial charge in [0, 0.05) is 57.0 Å². The number of hydrogen-bond acceptors (Lipinski definition) is 7. The maximum Gasteiger partial charge on any atom is 0.286 e. The van der Waals surface area contributed by atoms with Crippen molar-refractivity contribution < 1.29 is 18.3 Å². The molecule has 0 bridgehead atoms. The minimum absolute atomic E-state index is 0.0487. The molecular weight excluding hydrogens is 466 g/mol. The van der Waals surface area contributed by atoms with E-state index in [2.05, 4.69) is 21.9 Å². The largest absolute Gasteiger partial charge is 0.378 e. The highest BCUT2D eigenvalue weighted by Gasteiger charge is 2.27. The third kappa shape index (κ3) is 6.51. The molecule has 3 rings (SSSR count). The van der Waals surface area contributed by atoms with Crippen LogP contribution in [0.15, 0.2) is 52.7 Å². The quantitative estimate of drug-likeness (QED) is 0.328. The standard InChI is InChI=1S/C26H32F2N6O2/c1-7-18(14-22(29-4)26(3,27)28)24(35)30-19-9-8-17(2)20(15-19)21-16-23(32-25(31-21)33(5)6)34-10-12-36-13-11-34/h7-9,14-16H,4,10-13H2,1-3,5-6H3,(H,30,35)/b18-7+,22-14-. The van der Waals surface area contributed by atoms with Gasteiger partial charge in [0.25, 0.3) is 11.8 Å². The summed E-state index contributed by atoms with van der Waals surface area (Å²) in [5.41, 5.74) is 2.45. The molecule has 1 aliphatic heterocycles. The summed E-state index contributed by atoms with van der Waals surface area (Å²) in [4.78, 5) is 29.7. The third-order valence-electron chi connectivity index (χ3n) is 5.69. The summed E-state index contributed by atoms with van der Waals surface area (Å²) in [7, 11) is 3.76. The number of carbonyl (C=O) groups excluding carboxylic acids is 1. The Labute approximate surface area is 210 Å². The van der Waals surface area contributed by atoms with Crippen molar-refractivity contribution in [3.05, 3.63) is 53.3 Å². The number of aromatic nitrogens is 2. The molecule has 0 spiro atoms. The summed E-state index contributed by atoms with van der Waals surface area (Å²) >= 11 is 0. The molecule has 1 amide bonds. The minimum atomic E-state index is -3.22. The fourth-order valence-corrected chi connectivity index (χ4v) is 3.63. The summed E-state index contributed by atoms with van der Waals surface area (Å²) in [6.07, 6.45) is 2.49. The van der Waals surface area contributed by atoms with E-state index in [1.807, 2.05) is 44.1 Å². The number of ether oxygens (including phenoxy) is 1. The van der Waals surface area contributed by atoms with Gasteiger partial charge in [-0.2, -0.15) is 13.8 Å². The van der Waals surface area contributed by atoms with Gasteiger partial charge in [0.2, 0.25) is 5.95 Å². The number of morpholine rings is 1. The number of nitrogens with one attached hydrogen (secondary N) is 1. The maximum atomic E-state index is 13.7. The van der Waals surface area contributed by atoms with Gasteiger partial charge in [0.1, 0.15) is 11.5 Å². The number of allylic oxidation sites excluding steroid dienone is 2. The monoisotopic (exact) mass is 498 g/mol. The van der Waals surface area contributed by atoms with Gasteiger partial charge < -0.3 is 19.9 Å². The Morgan fingerprint density at radius 1 is 1.25 bits per heavy atom. The molecule has 0 saturated carbocycles. The van der Waals surface area contributed by atoms with Crippen LogP contribution in [0.5, 0.6) is 0 Å². The predicted octanol–water partition coefficient (Wildman–Crippen LogP) is 4.48. The maximum absolute atomic E-state index is 13.7. The smallest absolute Gasteiger partial charge is 0.286 e. The predicted molar refractivity (Wildman–Crippen MR) is 140 cm³/mol. The van der Waals surface area contributed by atoms with Crippen molar-refractivity contribution in [1.29, 1.82) is 0 Å². The molecule has 2 aromatic rings. The van der Waals surface area contributed by atoms with Gasteiger partial charge in [-0.1, -0.05) is 12.1 Å². The van der Waals surface area contributed by atoms with Crippen LogP contribution in [0.2, 0.25) is 0 Å². The molecule has 0 aliphatic carbocycles. The van der Waals surface area contributed by atoms with E-state index in [0.29, 0.717) is 37.5 Å². The summed E-state index contributed by atoms with van der Waals surface area (Å²) in [6, 6.07) is 7.37. The lowest BCUT2D eigenvalue weighted by atomic mass is 10.0. The highest BCUT2D eigenvalue weighted by Crippen LogP contribution is 2.30. The SMILES string of the molecule is C=N/C(=C\C(=C/C)C(=O)Nc1ccc(C)c(-c2cc(N3CCOCC3)nc(N(C)C)n2)c1)C(C)(F)F. The Hall–Kier alpha value is -3.66. The van der Waals surface area contributed by atoms with Crippen LogP contribution in [0, 0.1) is 6.92 Å². The lowest BCUT2D eigenvalue weighted by Gasteiger charge is -2.29. The van der Waals surface area contributed by atoms with Gasteiger partial charge >= 0.3 is 0 Å². The number of carbonyl (C=O) groups is 1. The van der Waals surface area contributed by atoms with Crippen LogP contribution >= 0.6 is 0 Å². The second-order valence-electron chi connectivity index (χ2n) is 8.71. The Morgan fingerprint density at radius 3 is 2.53 bits per heavy atom. The summed E-state index contributed by atoms with van der Waals surface area (Å²) in [5.74, 6) is -2.40. The zero-order valence-corrected chi connectivity index (χ0v) is 21.3. The molecule has 1 aromatic heterocycles. The van der Waals surface area contributed by atoms with E-state index in [-0.39, 0.29) is 5.57 Å². The van der Waals surface area contributed by atoms with Gasteiger partial charge in [-0.05, 0) is 44.3 Å². The molecule has 0 atom stereocenters. The normalized spacial score (nSPS) is 15.0. The lowest BCUT2D eigenvalue weighted by molar-refractivity contribution is -0.112. The molecule has 1 fully saturated rings. The molecule has 192 valence electrons. The van der Waals surface area contributed by atoms with Crippen LogP contribution in [0.3, 0.4) is 0 Å². The number of hydrogen-bond donors (Lipinski definition) is 1. The average molecular weight is 499 g/mol. The third-order valence-corrected chi connectivity index (χ3v) is 5.69. The number of nitrogens with zero attached hydrogens (tertiary/aromatic N) is 5. The van der Waals surface area contributed by atoms with Crippen LogP contribution < -0.4 is 15.1 Å². The topological polar surface area (TPSA) is 83.0 Å². The van der Waals surface area contributed by atoms with Gasteiger partial charge in [-0.3, -0.25) is 9.79 Å². The first-order valence-corrected chi connectivity index (χ1v) is 11.6. The highest BCUT2D eigenvalue weighted by atomic mass is 19.3. The zero-order chi connectivity index (χ0) is 26.5. The first kappa shape index (κ1) is 26.9. The van der Waals surface area contributed by atoms with E-state index in [9.17, 15) is 13.6 Å². The van der Waals surface area contributed by atoms with Crippen LogP contribution in [0.4, 0.5) is 26.2 Å². The highest BCUT2D eigenvalue weighted by molar-refractivity contribution is 6.06. The summed E-state index contributed by atoms with van der Waals surface area (Å²) in [6.45, 7) is 10.2. The van der Waals surface area contributed by atoms with Crippen molar-refractivity contribution in [1.82, 2.24) is 9.97 Å². The molecule has 1 aliphatic rings. The van der Waals surface area contributed by atoms with E-state index >= 15 is 0 Å². The average Bonchev–Trinajstić information content (AvgIpc) is 2.85. The number of anilines is 3. The number of rotatable bonds is 8. The number of halogens is 2. The van der Waals surface area contributed by atoms with Crippen molar-refractivity contribution in [3.63, 3.8) is 0 Å². The molecule has 2 heterocycles. The molecule has 0 unspecified atom stereocenters. The first-order valence-electron chi connectivity index (χ1n) is 11.6. The van der Waals surface area contributed by atoms with Crippen molar-refractivity contribution in [2.45, 2.75) is 26.7 Å². The van der Waals surface area contributed by atoms with E-state index in [0.717, 1.165) is 36.1 Å². The van der Waals surface area contributed by atoms with E-state index in [1.165, 1.54) is 6.08 Å². The molecule has 0 radical (unpaired) electrons. The van der Waals surface area contributed by atoms with Crippen LogP contribution in [-0.2, 0) is 9.53 Å². The first-order chi connectivity index (χ1) is 17.0. The van der Waals surface area contributed by atoms with Crippen LogP contribution in [0.1, 0.15) is 19.4 Å². The fraction of sp³-hybridized carbons (Fsp3) is 0.385. The van der Waals surface area contributed by atoms with Gasteiger partial charge in [-0.15, -0.1) is 0 Å². The second-order valence-corrected chi connectivity index (χ2v) is 8.71. The second kappa shape index (κ2) is 11.4. The Balaban J connectivity index is 1.95. The van der Waals surface area contributed by atoms with Gasteiger partial charge in [0.05, 0.1) is 18.9 Å². The Bertz CT molecular complexity index is 1180. The summed E-state index contributed by atoms with van der Waals surface area (Å²) < 4.78 is 32.9. The van der Waals surface area contributed by atoms with Gasteiger partial charge in [0.15, 0.2) is 0 Å². The summed E-state index contributed by atoms with van der Waals surface area (Å²) in [5, 5.41) is 2.79. The van der Waals surface area contributed by atoms with Crippen LogP contribution in [-0.4, -0.2) is 68.9 Å². The molecule has 36 heavy (non-hydrogen) atoms. The van der Waals surface area contributed by atoms with Crippen molar-refractivity contribution >= 4 is 30.1 Å². The number of alkyl halides is 2. The molecule has 1 N–H and O–H groups in total. The van der Waals surface area contributed by atoms with Crippen molar-refractivity contribution in [3.8, 4) is 11.3 Å². The minimum Gasteiger partial charge on any atom is -0.378 e. The molecule has 8 nitrogen and oxygen atoms in total. The Kier molecular flexibility index (Phi) is 8.52. The number of aliphatic imine (C=N–C) groups is 1. The van der Waals surface area contributed by atoms with Gasteiger partial charge in [-0.25, -0.2) is 4.98 Å². The van der Waals surface area contributed by atoms with E-state index < -0.39 is 17.5 Å². The van der Waals surface area contributed by atoms with Crippen molar-refractivity contribution in [2.75, 3.05) is 55.5 Å². The molecule has 1 aromatic carbocycles. The molecule has 1 saturated heterocycles.